The van der Waals surface area contributed by atoms with Crippen LogP contribution in [-0.4, -0.2) is 23.2 Å². The van der Waals surface area contributed by atoms with E-state index in [-0.39, 0.29) is 34.3 Å². The van der Waals surface area contributed by atoms with E-state index in [1.165, 1.54) is 25.1 Å². The van der Waals surface area contributed by atoms with Crippen molar-refractivity contribution in [3.05, 3.63) is 81.5 Å². The van der Waals surface area contributed by atoms with E-state index in [0.717, 1.165) is 11.6 Å². The third-order valence-corrected chi connectivity index (χ3v) is 5.04. The van der Waals surface area contributed by atoms with Gasteiger partial charge in [0.2, 0.25) is 5.43 Å². The number of benzene rings is 3. The topological polar surface area (TPSA) is 115 Å². The maximum absolute atomic E-state index is 12.7. The maximum atomic E-state index is 12.7. The minimum absolute atomic E-state index is 0.0143. The highest BCUT2D eigenvalue weighted by atomic mass is 35.5. The van der Waals surface area contributed by atoms with Crippen LogP contribution >= 0.6 is 11.6 Å². The van der Waals surface area contributed by atoms with Crippen LogP contribution in [-0.2, 0) is 16.1 Å². The van der Waals surface area contributed by atoms with Gasteiger partial charge < -0.3 is 24.3 Å². The van der Waals surface area contributed by atoms with E-state index >= 15 is 0 Å². The van der Waals surface area contributed by atoms with Crippen molar-refractivity contribution in [1.29, 1.82) is 0 Å². The van der Waals surface area contributed by atoms with Crippen molar-refractivity contribution in [3.63, 3.8) is 0 Å². The van der Waals surface area contributed by atoms with E-state index in [9.17, 15) is 19.5 Å². The van der Waals surface area contributed by atoms with Crippen LogP contribution in [0.2, 0.25) is 5.02 Å². The summed E-state index contributed by atoms with van der Waals surface area (Å²) in [6.45, 7) is 1.46. The summed E-state index contributed by atoms with van der Waals surface area (Å²) in [4.78, 5) is 37.1. The lowest BCUT2D eigenvalue weighted by molar-refractivity contribution is -0.136. The Labute approximate surface area is 192 Å². The monoisotopic (exact) mass is 467 g/mol. The van der Waals surface area contributed by atoms with Crippen LogP contribution in [0, 0.1) is 0 Å². The summed E-state index contributed by atoms with van der Waals surface area (Å²) >= 11 is 5.96. The van der Waals surface area contributed by atoms with Gasteiger partial charge in [0.1, 0.15) is 40.7 Å². The third-order valence-electron chi connectivity index (χ3n) is 4.81. The quantitative estimate of drug-likeness (QED) is 0.252. The second-order valence-electron chi connectivity index (χ2n) is 7.24. The number of esters is 1. The van der Waals surface area contributed by atoms with Crippen LogP contribution in [0.25, 0.3) is 21.9 Å². The molecule has 2 N–H and O–H groups in total. The third kappa shape index (κ3) is 4.91. The molecule has 33 heavy (non-hydrogen) atoms. The van der Waals surface area contributed by atoms with Gasteiger partial charge in [0.25, 0.3) is 0 Å². The number of carbonyl (C=O) groups excluding carboxylic acids is 2. The number of phenols is 1. The highest BCUT2D eigenvalue weighted by molar-refractivity contribution is 6.31. The molecule has 3 aromatic carbocycles. The van der Waals surface area contributed by atoms with Gasteiger partial charge in [0.15, 0.2) is 0 Å². The van der Waals surface area contributed by atoms with Gasteiger partial charge in [0.05, 0.1) is 5.39 Å². The van der Waals surface area contributed by atoms with Crippen LogP contribution in [0.1, 0.15) is 12.5 Å². The molecule has 4 rings (SSSR count). The van der Waals surface area contributed by atoms with Gasteiger partial charge in [-0.15, -0.1) is 0 Å². The van der Waals surface area contributed by atoms with Crippen LogP contribution in [0.5, 0.6) is 11.5 Å². The molecule has 0 saturated carbocycles. The number of ether oxygens (including phenoxy) is 2. The summed E-state index contributed by atoms with van der Waals surface area (Å²) in [6, 6.07) is 15.0. The molecule has 168 valence electrons. The molecule has 0 spiro atoms. The van der Waals surface area contributed by atoms with Crippen molar-refractivity contribution in [1.82, 2.24) is 5.32 Å². The van der Waals surface area contributed by atoms with Gasteiger partial charge in [-0.1, -0.05) is 41.9 Å². The second-order valence-corrected chi connectivity index (χ2v) is 7.67. The number of rotatable bonds is 5. The Hall–Kier alpha value is -4.04. The van der Waals surface area contributed by atoms with Crippen molar-refractivity contribution < 1.29 is 28.6 Å². The molecular weight excluding hydrogens is 450 g/mol. The summed E-state index contributed by atoms with van der Waals surface area (Å²) in [5, 5.41) is 13.3. The lowest BCUT2D eigenvalue weighted by atomic mass is 10.1. The van der Waals surface area contributed by atoms with Crippen LogP contribution in [0.4, 0.5) is 4.79 Å². The molecule has 0 bridgehead atoms. The zero-order chi connectivity index (χ0) is 23.5. The number of nitrogens with one attached hydrogen (secondary N) is 1. The Morgan fingerprint density at radius 3 is 2.61 bits per heavy atom. The molecule has 1 atom stereocenters. The first kappa shape index (κ1) is 22.2. The zero-order valence-corrected chi connectivity index (χ0v) is 18.1. The second kappa shape index (κ2) is 9.22. The molecule has 0 aliphatic rings. The van der Waals surface area contributed by atoms with Crippen molar-refractivity contribution >= 4 is 45.6 Å². The fraction of sp³-hybridized carbons (Fsp3) is 0.125. The molecular formula is C24H18ClNO7. The molecule has 0 fully saturated rings. The Morgan fingerprint density at radius 1 is 1.09 bits per heavy atom. The number of amides is 1. The number of hydrogen-bond donors (Lipinski definition) is 2. The van der Waals surface area contributed by atoms with Gasteiger partial charge in [-0.05, 0) is 24.6 Å². The number of phenolic OH excluding ortho intramolecular Hbond substituents is 1. The fourth-order valence-electron chi connectivity index (χ4n) is 3.17. The molecule has 0 aliphatic heterocycles. The molecule has 0 aliphatic carbocycles. The predicted octanol–water partition coefficient (Wildman–Crippen LogP) is 4.53. The summed E-state index contributed by atoms with van der Waals surface area (Å²) < 4.78 is 16.0. The van der Waals surface area contributed by atoms with Crippen LogP contribution in [0.15, 0.2) is 69.9 Å². The maximum Gasteiger partial charge on any atom is 0.408 e. The van der Waals surface area contributed by atoms with Gasteiger partial charge in [-0.25, -0.2) is 9.59 Å². The van der Waals surface area contributed by atoms with Crippen molar-refractivity contribution in [2.75, 3.05) is 0 Å². The standard InChI is InChI=1S/C24H18ClNO7/c1-13(26-24(30)31-12-14-5-3-2-4-6-14)23(29)32-16-10-18(27)21-20(11-16)33-19-9-15(25)7-8-17(19)22(21)28/h2-11,13,27H,12H2,1H3,(H,26,30). The molecule has 4 aromatic rings. The van der Waals surface area contributed by atoms with E-state index in [4.69, 9.17) is 25.5 Å². The number of fused-ring (bicyclic) bond motifs is 2. The van der Waals surface area contributed by atoms with Gasteiger partial charge in [-0.3, -0.25) is 4.79 Å². The summed E-state index contributed by atoms with van der Waals surface area (Å²) in [5.74, 6) is -1.29. The molecule has 0 radical (unpaired) electrons. The molecule has 1 heterocycles. The van der Waals surface area contributed by atoms with E-state index < -0.39 is 29.3 Å². The van der Waals surface area contributed by atoms with Crippen LogP contribution < -0.4 is 15.5 Å². The zero-order valence-electron chi connectivity index (χ0n) is 17.3. The predicted molar refractivity (Wildman–Crippen MR) is 122 cm³/mol. The van der Waals surface area contributed by atoms with Gasteiger partial charge >= 0.3 is 12.1 Å². The number of aromatic hydroxyl groups is 1. The first-order chi connectivity index (χ1) is 15.8. The largest absolute Gasteiger partial charge is 0.507 e. The molecule has 9 heteroatoms. The Morgan fingerprint density at radius 2 is 1.85 bits per heavy atom. The van der Waals surface area contributed by atoms with Crippen molar-refractivity contribution in [2.24, 2.45) is 0 Å². The SMILES string of the molecule is CC(NC(=O)OCc1ccccc1)C(=O)Oc1cc(O)c2c(=O)c3ccc(Cl)cc3oc2c1. The molecule has 8 nitrogen and oxygen atoms in total. The van der Waals surface area contributed by atoms with Gasteiger partial charge in [-0.2, -0.15) is 0 Å². The normalized spacial score (nSPS) is 11.8. The number of alkyl carbamates (subject to hydrolysis) is 1. The lowest BCUT2D eigenvalue weighted by Crippen LogP contribution is -2.41. The average Bonchev–Trinajstić information content (AvgIpc) is 2.77. The first-order valence-electron chi connectivity index (χ1n) is 9.90. The average molecular weight is 468 g/mol. The fourth-order valence-corrected chi connectivity index (χ4v) is 3.33. The first-order valence-corrected chi connectivity index (χ1v) is 10.3. The molecule has 1 amide bonds. The van der Waals surface area contributed by atoms with Crippen molar-refractivity contribution in [2.45, 2.75) is 19.6 Å². The highest BCUT2D eigenvalue weighted by Crippen LogP contribution is 2.31. The van der Waals surface area contributed by atoms with E-state index in [1.54, 1.807) is 18.2 Å². The van der Waals surface area contributed by atoms with Crippen LogP contribution in [0.3, 0.4) is 0 Å². The lowest BCUT2D eigenvalue weighted by Gasteiger charge is -2.14. The summed E-state index contributed by atoms with van der Waals surface area (Å²) in [6.07, 6.45) is -0.793. The summed E-state index contributed by atoms with van der Waals surface area (Å²) in [7, 11) is 0. The Bertz CT molecular complexity index is 1420. The minimum Gasteiger partial charge on any atom is -0.507 e. The number of carbonyl (C=O) groups is 2. The molecule has 1 aromatic heterocycles. The molecule has 1 unspecified atom stereocenters. The smallest absolute Gasteiger partial charge is 0.408 e. The highest BCUT2D eigenvalue weighted by Gasteiger charge is 2.21. The van der Waals surface area contributed by atoms with Crippen molar-refractivity contribution in [3.8, 4) is 11.5 Å². The number of halogens is 1. The number of hydrogen-bond acceptors (Lipinski definition) is 7. The van der Waals surface area contributed by atoms with E-state index in [2.05, 4.69) is 5.32 Å². The van der Waals surface area contributed by atoms with Gasteiger partial charge in [0, 0.05) is 23.2 Å². The Balaban J connectivity index is 1.48. The summed E-state index contributed by atoms with van der Waals surface area (Å²) in [5.41, 5.74) is 0.582. The van der Waals surface area contributed by atoms with E-state index in [0.29, 0.717) is 5.02 Å². The molecule has 0 saturated heterocycles. The Kier molecular flexibility index (Phi) is 6.19. The van der Waals surface area contributed by atoms with E-state index in [1.807, 2.05) is 18.2 Å². The minimum atomic E-state index is -1.05.